The summed E-state index contributed by atoms with van der Waals surface area (Å²) in [5.41, 5.74) is 4.68. The number of esters is 1. The highest BCUT2D eigenvalue weighted by atomic mass is 32.1. The maximum Gasteiger partial charge on any atom is 0.328 e. The zero-order valence-electron chi connectivity index (χ0n) is 20.6. The summed E-state index contributed by atoms with van der Waals surface area (Å²) in [6.45, 7) is 0. The molecule has 5 rings (SSSR count). The number of ether oxygens (including phenoxy) is 1. The van der Waals surface area contributed by atoms with Crippen molar-refractivity contribution in [2.24, 2.45) is 5.92 Å². The fourth-order valence-electron chi connectivity index (χ4n) is 4.90. The van der Waals surface area contributed by atoms with E-state index in [0.717, 1.165) is 38.4 Å². The number of fused-ring (bicyclic) bond motifs is 2. The minimum Gasteiger partial charge on any atom is -0.467 e. The zero-order valence-corrected chi connectivity index (χ0v) is 21.4. The monoisotopic (exact) mass is 508 g/mol. The first kappa shape index (κ1) is 24.7. The number of hydrogen-bond acceptors (Lipinski definition) is 5. The largest absolute Gasteiger partial charge is 0.467 e. The third-order valence-electron chi connectivity index (χ3n) is 6.76. The van der Waals surface area contributed by atoms with Gasteiger partial charge in [0.1, 0.15) is 6.04 Å². The number of amides is 1. The topological polar surface area (TPSA) is 68.3 Å². The number of hydrogen-bond donors (Lipinski definition) is 1. The normalized spacial score (nSPS) is 12.1. The van der Waals surface area contributed by atoms with Gasteiger partial charge < -0.3 is 10.1 Å². The van der Waals surface area contributed by atoms with Gasteiger partial charge in [-0.2, -0.15) is 0 Å². The van der Waals surface area contributed by atoms with E-state index in [0.29, 0.717) is 12.8 Å². The van der Waals surface area contributed by atoms with Crippen LogP contribution in [0.2, 0.25) is 0 Å². The number of benzene rings is 4. The molecule has 0 fully saturated rings. The molecule has 37 heavy (non-hydrogen) atoms. The molecule has 1 unspecified atom stereocenters. The number of rotatable bonds is 9. The second kappa shape index (κ2) is 11.4. The van der Waals surface area contributed by atoms with Crippen LogP contribution in [0.1, 0.15) is 16.8 Å². The molecular formula is C31H28N2O3S. The Labute approximate surface area is 220 Å². The van der Waals surface area contributed by atoms with Gasteiger partial charge in [0.25, 0.3) is 0 Å². The highest BCUT2D eigenvalue weighted by molar-refractivity contribution is 7.07. The second-order valence-corrected chi connectivity index (χ2v) is 9.87. The second-order valence-electron chi connectivity index (χ2n) is 9.15. The zero-order chi connectivity index (χ0) is 25.6. The molecule has 0 saturated carbocycles. The van der Waals surface area contributed by atoms with Crippen LogP contribution in [0.4, 0.5) is 0 Å². The van der Waals surface area contributed by atoms with Crippen LogP contribution in [0.5, 0.6) is 0 Å². The van der Waals surface area contributed by atoms with Crippen LogP contribution in [0.25, 0.3) is 21.5 Å². The standard InChI is InChI=1S/C31H28N2O3S/c1-36-31(35)29(18-26-19-37-20-32-26)33-30(34)25(16-23-12-6-10-21-8-2-4-14-27(21)23)17-24-13-7-11-22-9-3-5-15-28(22)24/h2-15,19-20,25,29H,16-18H2,1H3,(H,33,34). The van der Waals surface area contributed by atoms with E-state index in [9.17, 15) is 9.59 Å². The van der Waals surface area contributed by atoms with Crippen LogP contribution in [0.3, 0.4) is 0 Å². The Kier molecular flexibility index (Phi) is 7.57. The Morgan fingerprint density at radius 1 is 0.811 bits per heavy atom. The lowest BCUT2D eigenvalue weighted by Crippen LogP contribution is -2.46. The van der Waals surface area contributed by atoms with Crippen molar-refractivity contribution in [1.29, 1.82) is 0 Å². The summed E-state index contributed by atoms with van der Waals surface area (Å²) in [7, 11) is 1.34. The number of nitrogens with one attached hydrogen (secondary N) is 1. The molecule has 0 bridgehead atoms. The Hall–Kier alpha value is -4.03. The molecule has 1 N–H and O–H groups in total. The van der Waals surface area contributed by atoms with Crippen LogP contribution in [-0.2, 0) is 33.6 Å². The highest BCUT2D eigenvalue weighted by Crippen LogP contribution is 2.26. The fraction of sp³-hybridized carbons (Fsp3) is 0.194. The minimum absolute atomic E-state index is 0.175. The maximum atomic E-state index is 13.8. The Balaban J connectivity index is 1.48. The molecular weight excluding hydrogens is 480 g/mol. The van der Waals surface area contributed by atoms with Crippen LogP contribution in [0.15, 0.2) is 95.8 Å². The molecule has 0 radical (unpaired) electrons. The molecule has 5 aromatic rings. The third-order valence-corrected chi connectivity index (χ3v) is 7.40. The average Bonchev–Trinajstić information content (AvgIpc) is 3.45. The number of carbonyl (C=O) groups is 2. The lowest BCUT2D eigenvalue weighted by Gasteiger charge is -2.22. The molecule has 4 aromatic carbocycles. The van der Waals surface area contributed by atoms with Gasteiger partial charge in [-0.15, -0.1) is 11.3 Å². The van der Waals surface area contributed by atoms with E-state index in [-0.39, 0.29) is 18.2 Å². The van der Waals surface area contributed by atoms with Gasteiger partial charge in [-0.25, -0.2) is 9.78 Å². The molecule has 1 heterocycles. The van der Waals surface area contributed by atoms with Crippen LogP contribution in [0, 0.1) is 5.92 Å². The number of aromatic nitrogens is 1. The van der Waals surface area contributed by atoms with Crippen molar-refractivity contribution in [2.45, 2.75) is 25.3 Å². The first-order valence-electron chi connectivity index (χ1n) is 12.3. The van der Waals surface area contributed by atoms with Crippen molar-refractivity contribution < 1.29 is 14.3 Å². The molecule has 1 atom stereocenters. The molecule has 5 nitrogen and oxygen atoms in total. The van der Waals surface area contributed by atoms with Gasteiger partial charge in [0.2, 0.25) is 5.91 Å². The Morgan fingerprint density at radius 3 is 1.92 bits per heavy atom. The first-order valence-corrected chi connectivity index (χ1v) is 13.2. The van der Waals surface area contributed by atoms with E-state index >= 15 is 0 Å². The van der Waals surface area contributed by atoms with Gasteiger partial charge in [-0.05, 0) is 45.5 Å². The van der Waals surface area contributed by atoms with E-state index in [1.807, 2.05) is 41.8 Å². The summed E-state index contributed by atoms with van der Waals surface area (Å²) in [6.07, 6.45) is 1.37. The van der Waals surface area contributed by atoms with Crippen molar-refractivity contribution in [2.75, 3.05) is 7.11 Å². The summed E-state index contributed by atoms with van der Waals surface area (Å²) >= 11 is 1.46. The van der Waals surface area contributed by atoms with Gasteiger partial charge in [0.05, 0.1) is 18.3 Å². The number of carbonyl (C=O) groups excluding carboxylic acids is 2. The van der Waals surface area contributed by atoms with E-state index in [1.54, 1.807) is 5.51 Å². The van der Waals surface area contributed by atoms with E-state index < -0.39 is 12.0 Å². The number of nitrogens with zero attached hydrogens (tertiary/aromatic N) is 1. The summed E-state index contributed by atoms with van der Waals surface area (Å²) in [4.78, 5) is 30.7. The molecule has 0 aliphatic heterocycles. The van der Waals surface area contributed by atoms with Crippen molar-refractivity contribution in [3.05, 3.63) is 113 Å². The van der Waals surface area contributed by atoms with Gasteiger partial charge in [-0.3, -0.25) is 4.79 Å². The summed E-state index contributed by atoms with van der Waals surface area (Å²) in [5, 5.41) is 9.42. The summed E-state index contributed by atoms with van der Waals surface area (Å²) < 4.78 is 5.02. The van der Waals surface area contributed by atoms with E-state index in [2.05, 4.69) is 58.8 Å². The smallest absolute Gasteiger partial charge is 0.328 e. The Morgan fingerprint density at radius 2 is 1.38 bits per heavy atom. The lowest BCUT2D eigenvalue weighted by atomic mass is 9.87. The molecule has 0 spiro atoms. The molecule has 0 aliphatic carbocycles. The van der Waals surface area contributed by atoms with E-state index in [1.165, 1.54) is 18.4 Å². The van der Waals surface area contributed by atoms with Crippen molar-refractivity contribution in [3.63, 3.8) is 0 Å². The van der Waals surface area contributed by atoms with Gasteiger partial charge in [-0.1, -0.05) is 84.9 Å². The van der Waals surface area contributed by atoms with Gasteiger partial charge >= 0.3 is 5.97 Å². The predicted molar refractivity (Wildman–Crippen MR) is 149 cm³/mol. The SMILES string of the molecule is COC(=O)C(Cc1cscn1)NC(=O)C(Cc1cccc2ccccc12)Cc1cccc2ccccc12. The summed E-state index contributed by atoms with van der Waals surface area (Å²) in [5.74, 6) is -1.04. The predicted octanol–water partition coefficient (Wildman–Crippen LogP) is 5.75. The van der Waals surface area contributed by atoms with Crippen LogP contribution < -0.4 is 5.32 Å². The quantitative estimate of drug-likeness (QED) is 0.257. The molecule has 1 aromatic heterocycles. The maximum absolute atomic E-state index is 13.8. The first-order chi connectivity index (χ1) is 18.1. The fourth-order valence-corrected chi connectivity index (χ4v) is 5.47. The number of thiazole rings is 1. The van der Waals surface area contributed by atoms with E-state index in [4.69, 9.17) is 4.74 Å². The minimum atomic E-state index is -0.804. The Bertz CT molecular complexity index is 1440. The van der Waals surface area contributed by atoms with Crippen molar-refractivity contribution in [1.82, 2.24) is 10.3 Å². The molecule has 0 saturated heterocycles. The van der Waals surface area contributed by atoms with Crippen molar-refractivity contribution in [3.8, 4) is 0 Å². The molecule has 0 aliphatic rings. The average molecular weight is 509 g/mol. The van der Waals surface area contributed by atoms with Gasteiger partial charge in [0.15, 0.2) is 0 Å². The highest BCUT2D eigenvalue weighted by Gasteiger charge is 2.28. The number of methoxy groups -OCH3 is 1. The molecule has 1 amide bonds. The van der Waals surface area contributed by atoms with Gasteiger partial charge in [0, 0.05) is 17.7 Å². The third kappa shape index (κ3) is 5.70. The molecule has 6 heteroatoms. The molecule has 186 valence electrons. The van der Waals surface area contributed by atoms with Crippen LogP contribution >= 0.6 is 11.3 Å². The summed E-state index contributed by atoms with van der Waals surface area (Å²) in [6, 6.07) is 28.0. The lowest BCUT2D eigenvalue weighted by molar-refractivity contribution is -0.145. The van der Waals surface area contributed by atoms with Crippen molar-refractivity contribution >= 4 is 44.8 Å². The van der Waals surface area contributed by atoms with Crippen LogP contribution in [-0.4, -0.2) is 30.0 Å².